The molecule has 110 valence electrons. The zero-order valence-electron chi connectivity index (χ0n) is 10.8. The second kappa shape index (κ2) is 6.84. The van der Waals surface area contributed by atoms with Crippen LogP contribution >= 0.6 is 27.3 Å². The summed E-state index contributed by atoms with van der Waals surface area (Å²) in [5.74, 6) is -1.27. The second-order valence-corrected chi connectivity index (χ2v) is 6.46. The van der Waals surface area contributed by atoms with E-state index in [9.17, 15) is 9.59 Å². The van der Waals surface area contributed by atoms with E-state index in [0.717, 1.165) is 3.79 Å². The summed E-state index contributed by atoms with van der Waals surface area (Å²) in [7, 11) is 0. The van der Waals surface area contributed by atoms with Crippen molar-refractivity contribution in [3.05, 3.63) is 50.6 Å². The Morgan fingerprint density at radius 1 is 1.19 bits per heavy atom. The van der Waals surface area contributed by atoms with Crippen molar-refractivity contribution in [3.8, 4) is 0 Å². The summed E-state index contributed by atoms with van der Waals surface area (Å²) in [5.41, 5.74) is 1.21. The van der Waals surface area contributed by atoms with Gasteiger partial charge in [-0.25, -0.2) is 4.79 Å². The molecule has 0 radical (unpaired) electrons. The van der Waals surface area contributed by atoms with Crippen molar-refractivity contribution in [2.45, 2.75) is 0 Å². The third-order valence-corrected chi connectivity index (χ3v) is 4.31. The van der Waals surface area contributed by atoms with Crippen LogP contribution in [0.4, 0.5) is 5.69 Å². The van der Waals surface area contributed by atoms with Gasteiger partial charge in [-0.05, 0) is 46.3 Å². The van der Waals surface area contributed by atoms with Gasteiger partial charge >= 0.3 is 5.97 Å². The van der Waals surface area contributed by atoms with Crippen LogP contribution in [0, 0.1) is 0 Å². The van der Waals surface area contributed by atoms with Crippen molar-refractivity contribution >= 4 is 44.8 Å². The van der Waals surface area contributed by atoms with Crippen molar-refractivity contribution in [2.24, 2.45) is 0 Å². The van der Waals surface area contributed by atoms with Crippen molar-refractivity contribution in [1.29, 1.82) is 0 Å². The van der Waals surface area contributed by atoms with Crippen molar-refractivity contribution in [2.75, 3.05) is 18.1 Å². The fraction of sp³-hybridized carbons (Fsp3) is 0.143. The van der Waals surface area contributed by atoms with Gasteiger partial charge < -0.3 is 15.1 Å². The Kier molecular flexibility index (Phi) is 5.11. The van der Waals surface area contributed by atoms with Gasteiger partial charge in [0.1, 0.15) is 0 Å². The molecule has 7 heteroatoms. The normalized spacial score (nSPS) is 10.4. The molecule has 0 saturated carbocycles. The molecular weight excluding hydrogens is 358 g/mol. The number of hydrogen-bond acceptors (Lipinski definition) is 4. The van der Waals surface area contributed by atoms with Crippen LogP contribution in [0.3, 0.4) is 0 Å². The number of rotatable bonds is 5. The smallest absolute Gasteiger partial charge is 0.335 e. The van der Waals surface area contributed by atoms with Crippen LogP contribution in [0.15, 0.2) is 39.5 Å². The molecule has 0 atom stereocenters. The number of carboxylic acids is 1. The first-order valence-electron chi connectivity index (χ1n) is 6.03. The molecule has 5 nitrogen and oxygen atoms in total. The highest BCUT2D eigenvalue weighted by Gasteiger charge is 2.18. The summed E-state index contributed by atoms with van der Waals surface area (Å²) >= 11 is 4.70. The topological polar surface area (TPSA) is 77.8 Å². The van der Waals surface area contributed by atoms with Gasteiger partial charge in [0.2, 0.25) is 0 Å². The first-order valence-corrected chi connectivity index (χ1v) is 7.70. The number of carbonyl (C=O) groups excluding carboxylic acids is 1. The minimum Gasteiger partial charge on any atom is -0.478 e. The first-order chi connectivity index (χ1) is 10.0. The molecule has 2 aromatic rings. The Bertz CT molecular complexity index is 653. The molecule has 1 heterocycles. The van der Waals surface area contributed by atoms with E-state index in [4.69, 9.17) is 10.2 Å². The molecule has 0 aliphatic carbocycles. The first kappa shape index (κ1) is 15.7. The lowest BCUT2D eigenvalue weighted by molar-refractivity contribution is 0.0696. The second-order valence-electron chi connectivity index (χ2n) is 4.17. The van der Waals surface area contributed by atoms with Gasteiger partial charge in [-0.3, -0.25) is 4.79 Å². The summed E-state index contributed by atoms with van der Waals surface area (Å²) in [5, 5.41) is 19.8. The van der Waals surface area contributed by atoms with E-state index in [2.05, 4.69) is 15.9 Å². The Hall–Kier alpha value is -1.70. The van der Waals surface area contributed by atoms with Crippen molar-refractivity contribution in [3.63, 3.8) is 0 Å². The highest BCUT2D eigenvalue weighted by molar-refractivity contribution is 9.11. The largest absolute Gasteiger partial charge is 0.478 e. The molecule has 0 aliphatic heterocycles. The highest BCUT2D eigenvalue weighted by atomic mass is 79.9. The predicted molar refractivity (Wildman–Crippen MR) is 84.2 cm³/mol. The van der Waals surface area contributed by atoms with Gasteiger partial charge in [0, 0.05) is 17.6 Å². The predicted octanol–water partition coefficient (Wildman–Crippen LogP) is 2.85. The molecule has 2 rings (SSSR count). The van der Waals surface area contributed by atoms with Crippen LogP contribution < -0.4 is 4.90 Å². The number of carboxylic acid groups (broad SMARTS) is 1. The Balaban J connectivity index is 2.29. The standard InChI is InChI=1S/C14H12BrNO4S/c15-12-7-10(8-21-12)13(18)16(5-6-17)11-3-1-9(2-4-11)14(19)20/h1-4,7-8,17H,5-6H2,(H,19,20). The molecule has 21 heavy (non-hydrogen) atoms. The average molecular weight is 370 g/mol. The van der Waals surface area contributed by atoms with Crippen molar-refractivity contribution in [1.82, 2.24) is 0 Å². The summed E-state index contributed by atoms with van der Waals surface area (Å²) < 4.78 is 0.844. The summed E-state index contributed by atoms with van der Waals surface area (Å²) in [6.07, 6.45) is 0. The zero-order valence-corrected chi connectivity index (χ0v) is 13.2. The monoisotopic (exact) mass is 369 g/mol. The van der Waals surface area contributed by atoms with Crippen LogP contribution in [-0.4, -0.2) is 35.2 Å². The Labute approximate surface area is 133 Å². The molecule has 2 N–H and O–H groups in total. The van der Waals surface area contributed by atoms with E-state index in [1.165, 1.54) is 28.4 Å². The van der Waals surface area contributed by atoms with E-state index in [1.54, 1.807) is 23.6 Å². The molecule has 0 aliphatic rings. The molecule has 0 fully saturated rings. The zero-order chi connectivity index (χ0) is 15.4. The number of thiophene rings is 1. The number of benzene rings is 1. The van der Waals surface area contributed by atoms with E-state index in [0.29, 0.717) is 11.3 Å². The van der Waals surface area contributed by atoms with Crippen LogP contribution in [-0.2, 0) is 0 Å². The van der Waals surface area contributed by atoms with Gasteiger partial charge in [-0.15, -0.1) is 11.3 Å². The highest BCUT2D eigenvalue weighted by Crippen LogP contribution is 2.24. The summed E-state index contributed by atoms with van der Waals surface area (Å²) in [6, 6.07) is 7.68. The molecule has 0 unspecified atom stereocenters. The number of amides is 1. The van der Waals surface area contributed by atoms with Crippen molar-refractivity contribution < 1.29 is 19.8 Å². The number of anilines is 1. The number of nitrogens with zero attached hydrogens (tertiary/aromatic N) is 1. The lowest BCUT2D eigenvalue weighted by Gasteiger charge is -2.21. The maximum absolute atomic E-state index is 12.5. The number of carbonyl (C=O) groups is 2. The summed E-state index contributed by atoms with van der Waals surface area (Å²) in [4.78, 5) is 24.7. The minimum absolute atomic E-state index is 0.138. The third-order valence-electron chi connectivity index (χ3n) is 2.81. The number of aromatic carboxylic acids is 1. The van der Waals surface area contributed by atoms with Gasteiger partial charge in [-0.2, -0.15) is 0 Å². The molecule has 0 saturated heterocycles. The maximum atomic E-state index is 12.5. The molecule has 0 spiro atoms. The number of aliphatic hydroxyl groups is 1. The average Bonchev–Trinajstić information content (AvgIpc) is 2.91. The van der Waals surface area contributed by atoms with E-state index in [-0.39, 0.29) is 24.6 Å². The molecule has 0 bridgehead atoms. The van der Waals surface area contributed by atoms with E-state index >= 15 is 0 Å². The molecule has 1 amide bonds. The Morgan fingerprint density at radius 3 is 2.33 bits per heavy atom. The number of halogens is 1. The lowest BCUT2D eigenvalue weighted by Crippen LogP contribution is -2.33. The molecule has 1 aromatic heterocycles. The maximum Gasteiger partial charge on any atom is 0.335 e. The van der Waals surface area contributed by atoms with Crippen LogP contribution in [0.2, 0.25) is 0 Å². The lowest BCUT2D eigenvalue weighted by atomic mass is 10.2. The van der Waals surface area contributed by atoms with Crippen LogP contribution in [0.25, 0.3) is 0 Å². The van der Waals surface area contributed by atoms with Gasteiger partial charge in [-0.1, -0.05) is 0 Å². The minimum atomic E-state index is -1.02. The summed E-state index contributed by atoms with van der Waals surface area (Å²) in [6.45, 7) is -0.0452. The number of aliphatic hydroxyl groups excluding tert-OH is 1. The van der Waals surface area contributed by atoms with E-state index in [1.807, 2.05) is 0 Å². The van der Waals surface area contributed by atoms with Crippen LogP contribution in [0.5, 0.6) is 0 Å². The molecule has 1 aromatic carbocycles. The van der Waals surface area contributed by atoms with Gasteiger partial charge in [0.25, 0.3) is 5.91 Å². The van der Waals surface area contributed by atoms with E-state index < -0.39 is 5.97 Å². The van der Waals surface area contributed by atoms with Crippen LogP contribution in [0.1, 0.15) is 20.7 Å². The SMILES string of the molecule is O=C(O)c1ccc(N(CCO)C(=O)c2csc(Br)c2)cc1. The fourth-order valence-electron chi connectivity index (χ4n) is 1.81. The van der Waals surface area contributed by atoms with Gasteiger partial charge in [0.15, 0.2) is 0 Å². The quantitative estimate of drug-likeness (QED) is 0.849. The van der Waals surface area contributed by atoms with Gasteiger partial charge in [0.05, 0.1) is 21.5 Å². The third kappa shape index (κ3) is 3.69. The Morgan fingerprint density at radius 2 is 1.86 bits per heavy atom. The molecular formula is C14H12BrNO4S. The number of hydrogen-bond donors (Lipinski definition) is 2. The fourth-order valence-corrected chi connectivity index (χ4v) is 2.94.